The fourth-order valence-corrected chi connectivity index (χ4v) is 7.82. The molecule has 0 saturated heterocycles. The zero-order chi connectivity index (χ0) is 31.8. The van der Waals surface area contributed by atoms with Crippen LogP contribution >= 0.6 is 11.3 Å². The summed E-state index contributed by atoms with van der Waals surface area (Å²) < 4.78 is 3.05. The van der Waals surface area contributed by atoms with Gasteiger partial charge >= 0.3 is 5.97 Å². The van der Waals surface area contributed by atoms with E-state index in [1.54, 1.807) is 6.07 Å². The van der Waals surface area contributed by atoms with Gasteiger partial charge in [-0.2, -0.15) is 5.26 Å². The molecular formula is C36H34N6O3S. The first-order chi connectivity index (χ1) is 22.4. The van der Waals surface area contributed by atoms with Gasteiger partial charge in [0.1, 0.15) is 17.6 Å². The van der Waals surface area contributed by atoms with E-state index in [2.05, 4.69) is 21.4 Å². The summed E-state index contributed by atoms with van der Waals surface area (Å²) in [6.07, 6.45) is 6.68. The van der Waals surface area contributed by atoms with E-state index in [0.29, 0.717) is 53.2 Å². The van der Waals surface area contributed by atoms with Crippen molar-refractivity contribution in [3.05, 3.63) is 94.4 Å². The van der Waals surface area contributed by atoms with Crippen molar-refractivity contribution in [2.24, 2.45) is 5.92 Å². The number of aromatic carboxylic acids is 1. The highest BCUT2D eigenvalue weighted by Gasteiger charge is 2.27. The molecule has 2 aromatic carbocycles. The maximum absolute atomic E-state index is 13.5. The molecule has 4 heterocycles. The van der Waals surface area contributed by atoms with Gasteiger partial charge in [0.05, 0.1) is 10.2 Å². The second-order valence-electron chi connectivity index (χ2n) is 12.2. The van der Waals surface area contributed by atoms with Gasteiger partial charge in [-0.25, -0.2) is 14.8 Å². The zero-order valence-electron chi connectivity index (χ0n) is 25.6. The SMILES string of the molecule is Cc1c(-c2ccc(N3CCc4cccc(C(=O)Nc5nc6ccccc6s5)c4C3)nc2C(=O)O)cc(C#N)n1CC1CCCCC1. The third-order valence-corrected chi connectivity index (χ3v) is 10.3. The quantitative estimate of drug-likeness (QED) is 0.192. The molecule has 1 amide bonds. The van der Waals surface area contributed by atoms with Gasteiger partial charge in [-0.3, -0.25) is 10.1 Å². The molecule has 2 N–H and O–H groups in total. The molecule has 232 valence electrons. The standard InChI is InChI=1S/C36H34N6O3S/c1-22-28(18-25(19-37)42(22)20-23-8-3-2-4-9-23)26-14-15-32(39-33(26)35(44)45)41-17-16-24-10-7-11-27(29(24)21-41)34(43)40-36-38-30-12-5-6-13-31(30)46-36/h5-7,10-15,18,23H,2-4,8-9,16-17,20-21H2,1H3,(H,44,45)(H,38,40,43). The highest BCUT2D eigenvalue weighted by atomic mass is 32.1. The van der Waals surface area contributed by atoms with Gasteiger partial charge in [0.2, 0.25) is 0 Å². The van der Waals surface area contributed by atoms with Crippen LogP contribution in [0.5, 0.6) is 0 Å². The number of benzene rings is 2. The molecule has 0 bridgehead atoms. The number of anilines is 2. The first-order valence-electron chi connectivity index (χ1n) is 15.8. The van der Waals surface area contributed by atoms with Crippen LogP contribution in [-0.2, 0) is 19.5 Å². The topological polar surface area (TPSA) is 124 Å². The van der Waals surface area contributed by atoms with E-state index in [9.17, 15) is 20.0 Å². The van der Waals surface area contributed by atoms with E-state index < -0.39 is 5.97 Å². The molecule has 0 unspecified atom stereocenters. The van der Waals surface area contributed by atoms with Gasteiger partial charge in [0, 0.05) is 42.0 Å². The highest BCUT2D eigenvalue weighted by molar-refractivity contribution is 7.22. The van der Waals surface area contributed by atoms with Crippen molar-refractivity contribution in [3.8, 4) is 17.2 Å². The first-order valence-corrected chi connectivity index (χ1v) is 16.6. The summed E-state index contributed by atoms with van der Waals surface area (Å²) in [6.45, 7) is 3.78. The maximum atomic E-state index is 13.5. The number of nitrogens with zero attached hydrogens (tertiary/aromatic N) is 5. The number of fused-ring (bicyclic) bond motifs is 2. The van der Waals surface area contributed by atoms with E-state index in [0.717, 1.165) is 52.0 Å². The zero-order valence-corrected chi connectivity index (χ0v) is 26.4. The van der Waals surface area contributed by atoms with Crippen LogP contribution in [0.1, 0.15) is 75.5 Å². The number of nitrogens with one attached hydrogen (secondary N) is 1. The largest absolute Gasteiger partial charge is 0.476 e. The van der Waals surface area contributed by atoms with Crippen LogP contribution in [0.25, 0.3) is 21.3 Å². The summed E-state index contributed by atoms with van der Waals surface area (Å²) in [4.78, 5) is 37.3. The van der Waals surface area contributed by atoms with Crippen molar-refractivity contribution < 1.29 is 14.7 Å². The Hall–Kier alpha value is -5.01. The van der Waals surface area contributed by atoms with Crippen LogP contribution in [0.4, 0.5) is 10.9 Å². The van der Waals surface area contributed by atoms with E-state index in [1.807, 2.05) is 71.0 Å². The van der Waals surface area contributed by atoms with E-state index in [4.69, 9.17) is 0 Å². The van der Waals surface area contributed by atoms with Gasteiger partial charge in [-0.15, -0.1) is 0 Å². The summed E-state index contributed by atoms with van der Waals surface area (Å²) in [5.74, 6) is -0.292. The number of carboxylic acids is 1. The van der Waals surface area contributed by atoms with Crippen molar-refractivity contribution in [2.75, 3.05) is 16.8 Å². The predicted octanol–water partition coefficient (Wildman–Crippen LogP) is 7.43. The number of aromatic nitrogens is 3. The lowest BCUT2D eigenvalue weighted by Crippen LogP contribution is -2.33. The first kappa shape index (κ1) is 29.7. The second-order valence-corrected chi connectivity index (χ2v) is 13.2. The number of carbonyl (C=O) groups excluding carboxylic acids is 1. The number of hydrogen-bond donors (Lipinski definition) is 2. The fourth-order valence-electron chi connectivity index (χ4n) is 6.96. The molecule has 5 aromatic rings. The van der Waals surface area contributed by atoms with E-state index >= 15 is 0 Å². The summed E-state index contributed by atoms with van der Waals surface area (Å²) in [5.41, 5.74) is 5.99. The second kappa shape index (κ2) is 12.4. The molecule has 1 fully saturated rings. The number of carboxylic acid groups (broad SMARTS) is 1. The molecule has 0 spiro atoms. The molecule has 2 aliphatic rings. The Balaban J connectivity index is 1.16. The van der Waals surface area contributed by atoms with Crippen LogP contribution in [0.15, 0.2) is 60.7 Å². The predicted molar refractivity (Wildman–Crippen MR) is 179 cm³/mol. The maximum Gasteiger partial charge on any atom is 0.355 e. The Bertz CT molecular complexity index is 1980. The number of amides is 1. The van der Waals surface area contributed by atoms with Crippen LogP contribution in [0.3, 0.4) is 0 Å². The molecule has 1 aliphatic carbocycles. The molecule has 1 saturated carbocycles. The summed E-state index contributed by atoms with van der Waals surface area (Å²) >= 11 is 1.43. The number of thiazole rings is 1. The van der Waals surface area contributed by atoms with Crippen molar-refractivity contribution in [2.45, 2.75) is 58.5 Å². The van der Waals surface area contributed by atoms with Crippen molar-refractivity contribution in [1.29, 1.82) is 5.26 Å². The van der Waals surface area contributed by atoms with Crippen LogP contribution in [-0.4, -0.2) is 38.1 Å². The lowest BCUT2D eigenvalue weighted by atomic mass is 9.89. The van der Waals surface area contributed by atoms with Gasteiger partial charge in [0.15, 0.2) is 10.8 Å². The average Bonchev–Trinajstić information content (AvgIpc) is 3.63. The number of nitriles is 1. The number of rotatable bonds is 7. The molecule has 0 radical (unpaired) electrons. The van der Waals surface area contributed by atoms with Crippen molar-refractivity contribution >= 4 is 44.4 Å². The Morgan fingerprint density at radius 3 is 2.65 bits per heavy atom. The Kier molecular flexibility index (Phi) is 8.01. The number of para-hydroxylation sites is 1. The molecule has 3 aromatic heterocycles. The molecule has 9 nitrogen and oxygen atoms in total. The van der Waals surface area contributed by atoms with E-state index in [-0.39, 0.29) is 11.6 Å². The van der Waals surface area contributed by atoms with Gasteiger partial charge in [-0.1, -0.05) is 54.9 Å². The lowest BCUT2D eigenvalue weighted by molar-refractivity contribution is 0.0691. The summed E-state index contributed by atoms with van der Waals surface area (Å²) in [7, 11) is 0. The monoisotopic (exact) mass is 630 g/mol. The summed E-state index contributed by atoms with van der Waals surface area (Å²) in [6, 6.07) is 21.3. The average molecular weight is 631 g/mol. The van der Waals surface area contributed by atoms with Gasteiger partial charge < -0.3 is 14.6 Å². The van der Waals surface area contributed by atoms with Crippen molar-refractivity contribution in [1.82, 2.24) is 14.5 Å². The third-order valence-electron chi connectivity index (χ3n) is 9.38. The minimum absolute atomic E-state index is 0.0485. The number of hydrogen-bond acceptors (Lipinski definition) is 7. The smallest absolute Gasteiger partial charge is 0.355 e. The number of pyridine rings is 1. The molecular weight excluding hydrogens is 597 g/mol. The van der Waals surface area contributed by atoms with Gasteiger partial charge in [-0.05, 0) is 79.6 Å². The normalized spacial score (nSPS) is 15.0. The Labute approximate surface area is 271 Å². The van der Waals surface area contributed by atoms with Gasteiger partial charge in [0.25, 0.3) is 5.91 Å². The number of carbonyl (C=O) groups is 2. The molecule has 1 aliphatic heterocycles. The highest BCUT2D eigenvalue weighted by Crippen LogP contribution is 2.35. The Morgan fingerprint density at radius 2 is 1.87 bits per heavy atom. The molecule has 7 rings (SSSR count). The fraction of sp³-hybridized carbons (Fsp3) is 0.306. The molecule has 10 heteroatoms. The van der Waals surface area contributed by atoms with E-state index in [1.165, 1.54) is 30.6 Å². The van der Waals surface area contributed by atoms with Crippen LogP contribution in [0, 0.1) is 24.2 Å². The van der Waals surface area contributed by atoms with Crippen molar-refractivity contribution in [3.63, 3.8) is 0 Å². The minimum atomic E-state index is -1.12. The Morgan fingerprint density at radius 1 is 1.04 bits per heavy atom. The third kappa shape index (κ3) is 5.63. The molecule has 46 heavy (non-hydrogen) atoms. The lowest BCUT2D eigenvalue weighted by Gasteiger charge is -2.31. The molecule has 0 atom stereocenters. The van der Waals surface area contributed by atoms with Crippen LogP contribution < -0.4 is 10.2 Å². The van der Waals surface area contributed by atoms with Crippen LogP contribution in [0.2, 0.25) is 0 Å². The summed E-state index contributed by atoms with van der Waals surface area (Å²) in [5, 5.41) is 23.8. The minimum Gasteiger partial charge on any atom is -0.476 e.